The van der Waals surface area contributed by atoms with Crippen LogP contribution in [0.1, 0.15) is 42.2 Å². The first-order valence-corrected chi connectivity index (χ1v) is 10.3. The molecule has 2 aromatic rings. The number of nitrogens with one attached hydrogen (secondary N) is 1. The van der Waals surface area contributed by atoms with Crippen LogP contribution in [0.15, 0.2) is 30.5 Å². The van der Waals surface area contributed by atoms with E-state index in [0.717, 1.165) is 11.1 Å². The number of aliphatic hydroxyl groups excluding tert-OH is 1. The second kappa shape index (κ2) is 8.53. The largest absolute Gasteiger partial charge is 0.388 e. The highest BCUT2D eigenvalue weighted by Crippen LogP contribution is 2.41. The molecule has 1 aliphatic heterocycles. The lowest BCUT2D eigenvalue weighted by molar-refractivity contribution is -0.132. The van der Waals surface area contributed by atoms with Crippen LogP contribution in [0, 0.1) is 0 Å². The molecule has 1 aliphatic carbocycles. The van der Waals surface area contributed by atoms with E-state index in [9.17, 15) is 14.7 Å². The van der Waals surface area contributed by atoms with Gasteiger partial charge in [0.15, 0.2) is 0 Å². The van der Waals surface area contributed by atoms with Gasteiger partial charge in [-0.3, -0.25) is 14.3 Å². The molecule has 0 spiro atoms. The summed E-state index contributed by atoms with van der Waals surface area (Å²) >= 11 is 0. The van der Waals surface area contributed by atoms with E-state index in [1.807, 2.05) is 31.2 Å². The molecule has 2 amide bonds. The highest BCUT2D eigenvalue weighted by Gasteiger charge is 2.42. The maximum absolute atomic E-state index is 13.2. The number of nitrogens with zero attached hydrogens (tertiary/aromatic N) is 4. The summed E-state index contributed by atoms with van der Waals surface area (Å²) in [6.07, 6.45) is 1.36. The number of carbonyl (C=O) groups excluding carboxylic acids is 2. The highest BCUT2D eigenvalue weighted by molar-refractivity contribution is 5.86. The van der Waals surface area contributed by atoms with Gasteiger partial charge in [0.2, 0.25) is 11.8 Å². The van der Waals surface area contributed by atoms with E-state index in [4.69, 9.17) is 4.74 Å². The average molecular weight is 413 g/mol. The van der Waals surface area contributed by atoms with Gasteiger partial charge < -0.3 is 20.1 Å². The van der Waals surface area contributed by atoms with Crippen molar-refractivity contribution in [3.8, 4) is 0 Å². The minimum atomic E-state index is -0.622. The Hall–Kier alpha value is -2.78. The number of aliphatic hydroxyl groups is 1. The Morgan fingerprint density at radius 1 is 1.27 bits per heavy atom. The lowest BCUT2D eigenvalue weighted by Gasteiger charge is -2.21. The summed E-state index contributed by atoms with van der Waals surface area (Å²) in [6, 6.07) is 7.23. The molecule has 0 radical (unpaired) electrons. The molecule has 1 fully saturated rings. The van der Waals surface area contributed by atoms with E-state index >= 15 is 0 Å². The first-order chi connectivity index (χ1) is 14.5. The Balaban J connectivity index is 1.40. The normalized spacial score (nSPS) is 25.4. The van der Waals surface area contributed by atoms with Crippen LogP contribution in [0.2, 0.25) is 0 Å². The van der Waals surface area contributed by atoms with Gasteiger partial charge >= 0.3 is 0 Å². The van der Waals surface area contributed by atoms with Crippen LogP contribution in [0.3, 0.4) is 0 Å². The maximum atomic E-state index is 13.2. The quantitative estimate of drug-likeness (QED) is 0.710. The van der Waals surface area contributed by atoms with Crippen LogP contribution in [-0.4, -0.2) is 69.2 Å². The van der Waals surface area contributed by atoms with Crippen molar-refractivity contribution in [2.24, 2.45) is 0 Å². The third-order valence-electron chi connectivity index (χ3n) is 5.97. The molecule has 0 saturated carbocycles. The van der Waals surface area contributed by atoms with Gasteiger partial charge in [-0.15, -0.1) is 5.10 Å². The van der Waals surface area contributed by atoms with E-state index in [-0.39, 0.29) is 36.3 Å². The van der Waals surface area contributed by atoms with Crippen LogP contribution in [-0.2, 0) is 27.3 Å². The molecular weight excluding hydrogens is 386 g/mol. The molecule has 2 N–H and O–H groups in total. The lowest BCUT2D eigenvalue weighted by Crippen LogP contribution is -2.44. The van der Waals surface area contributed by atoms with Crippen molar-refractivity contribution in [3.05, 3.63) is 47.3 Å². The molecule has 2 aliphatic rings. The number of amides is 2. The number of hydrogen-bond donors (Lipinski definition) is 2. The Bertz CT molecular complexity index is 930. The summed E-state index contributed by atoms with van der Waals surface area (Å²) < 4.78 is 7.21. The van der Waals surface area contributed by atoms with Gasteiger partial charge in [-0.1, -0.05) is 29.5 Å². The predicted molar refractivity (Wildman–Crippen MR) is 107 cm³/mol. The Morgan fingerprint density at radius 2 is 2.03 bits per heavy atom. The zero-order valence-electron chi connectivity index (χ0n) is 17.2. The van der Waals surface area contributed by atoms with E-state index in [1.165, 1.54) is 0 Å². The number of methoxy groups -OCH3 is 1. The molecule has 2 heterocycles. The lowest BCUT2D eigenvalue weighted by atomic mass is 10.00. The van der Waals surface area contributed by atoms with E-state index in [1.54, 1.807) is 22.9 Å². The Kier molecular flexibility index (Phi) is 5.83. The van der Waals surface area contributed by atoms with Crippen LogP contribution in [0.4, 0.5) is 0 Å². The summed E-state index contributed by atoms with van der Waals surface area (Å²) in [5, 5.41) is 21.2. The molecule has 1 saturated heterocycles. The van der Waals surface area contributed by atoms with E-state index in [0.29, 0.717) is 31.7 Å². The van der Waals surface area contributed by atoms with Gasteiger partial charge in [-0.25, -0.2) is 0 Å². The topological polar surface area (TPSA) is 110 Å². The van der Waals surface area contributed by atoms with Crippen LogP contribution < -0.4 is 5.32 Å². The van der Waals surface area contributed by atoms with E-state index < -0.39 is 6.10 Å². The fourth-order valence-corrected chi connectivity index (χ4v) is 4.39. The summed E-state index contributed by atoms with van der Waals surface area (Å²) in [7, 11) is 1.58. The number of carbonyl (C=O) groups is 2. The molecule has 0 unspecified atom stereocenters. The standard InChI is InChI=1S/C21H27N5O4/c1-3-26-10-13(23-24-26)8-20(28)22-17-11-25(12-19(17)30-2)21(29)16-9-18(27)15-7-5-4-6-14(15)16/h4-7,10,16-19,27H,3,8-9,11-12H2,1-2H3,(H,22,28)/t16-,17-,18+,19-/m1/s1. The number of rotatable bonds is 6. The first-order valence-electron chi connectivity index (χ1n) is 10.3. The molecule has 1 aromatic carbocycles. The van der Waals surface area contributed by atoms with Crippen molar-refractivity contribution in [1.29, 1.82) is 0 Å². The smallest absolute Gasteiger partial charge is 0.230 e. The Labute approximate surface area is 175 Å². The molecule has 160 valence electrons. The minimum absolute atomic E-state index is 0.0383. The van der Waals surface area contributed by atoms with Gasteiger partial charge in [0.25, 0.3) is 0 Å². The van der Waals surface area contributed by atoms with Gasteiger partial charge in [0.1, 0.15) is 0 Å². The number of ether oxygens (including phenoxy) is 1. The zero-order chi connectivity index (χ0) is 21.3. The van der Waals surface area contributed by atoms with Gasteiger partial charge in [-0.2, -0.15) is 0 Å². The molecule has 30 heavy (non-hydrogen) atoms. The van der Waals surface area contributed by atoms with Crippen LogP contribution in [0.5, 0.6) is 0 Å². The number of hydrogen-bond acceptors (Lipinski definition) is 6. The Morgan fingerprint density at radius 3 is 2.73 bits per heavy atom. The molecule has 9 nitrogen and oxygen atoms in total. The predicted octanol–water partition coefficient (Wildman–Crippen LogP) is 0.403. The third kappa shape index (κ3) is 3.95. The van der Waals surface area contributed by atoms with Gasteiger partial charge in [0.05, 0.1) is 36.3 Å². The molecule has 9 heteroatoms. The number of benzene rings is 1. The van der Waals surface area contributed by atoms with Gasteiger partial charge in [-0.05, 0) is 24.5 Å². The van der Waals surface area contributed by atoms with Crippen molar-refractivity contribution >= 4 is 11.8 Å². The SMILES string of the molecule is CCn1cc(CC(=O)N[C@@H]2CN(C(=O)[C@@H]3C[C@H](O)c4ccccc43)C[C@H]2OC)nn1. The maximum Gasteiger partial charge on any atom is 0.230 e. The highest BCUT2D eigenvalue weighted by atomic mass is 16.5. The molecule has 4 rings (SSSR count). The van der Waals surface area contributed by atoms with Crippen LogP contribution >= 0.6 is 0 Å². The van der Waals surface area contributed by atoms with Crippen molar-refractivity contribution in [2.45, 2.75) is 50.5 Å². The van der Waals surface area contributed by atoms with Crippen molar-refractivity contribution in [1.82, 2.24) is 25.2 Å². The van der Waals surface area contributed by atoms with Crippen molar-refractivity contribution in [2.75, 3.05) is 20.2 Å². The summed E-state index contributed by atoms with van der Waals surface area (Å²) in [5.41, 5.74) is 2.31. The third-order valence-corrected chi connectivity index (χ3v) is 5.97. The summed E-state index contributed by atoms with van der Waals surface area (Å²) in [6.45, 7) is 3.42. The number of aryl methyl sites for hydroxylation is 1. The van der Waals surface area contributed by atoms with Crippen LogP contribution in [0.25, 0.3) is 0 Å². The fourth-order valence-electron chi connectivity index (χ4n) is 4.39. The molecule has 4 atom stereocenters. The zero-order valence-corrected chi connectivity index (χ0v) is 17.2. The minimum Gasteiger partial charge on any atom is -0.388 e. The number of aromatic nitrogens is 3. The van der Waals surface area contributed by atoms with Crippen molar-refractivity contribution < 1.29 is 19.4 Å². The van der Waals surface area contributed by atoms with Gasteiger partial charge in [0, 0.05) is 32.9 Å². The van der Waals surface area contributed by atoms with E-state index in [2.05, 4.69) is 15.6 Å². The van der Waals surface area contributed by atoms with Crippen molar-refractivity contribution in [3.63, 3.8) is 0 Å². The number of likely N-dealkylation sites (tertiary alicyclic amines) is 1. The average Bonchev–Trinajstić information content (AvgIpc) is 3.45. The second-order valence-electron chi connectivity index (χ2n) is 7.87. The monoisotopic (exact) mass is 413 g/mol. The molecule has 1 aromatic heterocycles. The molecular formula is C21H27N5O4. The first kappa shape index (κ1) is 20.5. The fraction of sp³-hybridized carbons (Fsp3) is 0.524. The summed E-state index contributed by atoms with van der Waals surface area (Å²) in [4.78, 5) is 27.4. The summed E-state index contributed by atoms with van der Waals surface area (Å²) in [5.74, 6) is -0.586. The second-order valence-corrected chi connectivity index (χ2v) is 7.87. The number of fused-ring (bicyclic) bond motifs is 1. The molecule has 0 bridgehead atoms.